The number of aryl methyl sites for hydroxylation is 1. The maximum atomic E-state index is 12.0. The second kappa shape index (κ2) is 4.20. The summed E-state index contributed by atoms with van der Waals surface area (Å²) >= 11 is 0. The molecule has 2 heterocycles. The fourth-order valence-electron chi connectivity index (χ4n) is 2.10. The van der Waals surface area contributed by atoms with Crippen LogP contribution in [0.2, 0.25) is 0 Å². The average molecular weight is 238 g/mol. The van der Waals surface area contributed by atoms with Gasteiger partial charge in [0, 0.05) is 13.1 Å². The topological polar surface area (TPSA) is 83.6 Å². The van der Waals surface area contributed by atoms with E-state index in [2.05, 4.69) is 4.98 Å². The Hall–Kier alpha value is -1.85. The highest BCUT2D eigenvalue weighted by Crippen LogP contribution is 2.25. The Bertz CT molecular complexity index is 454. The van der Waals surface area contributed by atoms with Gasteiger partial charge in [-0.15, -0.1) is 0 Å². The number of aliphatic carboxylic acids is 1. The lowest BCUT2D eigenvalue weighted by molar-refractivity contribution is -0.142. The molecular formula is C11H14N2O4. The van der Waals surface area contributed by atoms with Crippen LogP contribution in [-0.2, 0) is 4.79 Å². The van der Waals surface area contributed by atoms with E-state index < -0.39 is 11.9 Å². The van der Waals surface area contributed by atoms with Crippen LogP contribution in [0.15, 0.2) is 10.8 Å². The van der Waals surface area contributed by atoms with E-state index in [9.17, 15) is 9.59 Å². The number of nitrogens with zero attached hydrogens (tertiary/aromatic N) is 2. The summed E-state index contributed by atoms with van der Waals surface area (Å²) in [5, 5.41) is 8.99. The van der Waals surface area contributed by atoms with Crippen LogP contribution in [0.25, 0.3) is 0 Å². The zero-order chi connectivity index (χ0) is 12.6. The Balaban J connectivity index is 2.13. The Morgan fingerprint density at radius 2 is 2.24 bits per heavy atom. The standard InChI is InChI=1S/C11H14N2O4/c1-6-3-13(4-8(6)11(15)16)10(14)9-7(2)12-5-17-9/h5-6,8H,3-4H2,1-2H3,(H,15,16)/t6-,8-/m1/s1. The lowest BCUT2D eigenvalue weighted by Gasteiger charge is -2.13. The molecule has 17 heavy (non-hydrogen) atoms. The van der Waals surface area contributed by atoms with E-state index in [1.165, 1.54) is 11.3 Å². The lowest BCUT2D eigenvalue weighted by Crippen LogP contribution is -2.30. The van der Waals surface area contributed by atoms with E-state index in [1.54, 1.807) is 6.92 Å². The van der Waals surface area contributed by atoms with Crippen molar-refractivity contribution in [2.24, 2.45) is 11.8 Å². The van der Waals surface area contributed by atoms with Gasteiger partial charge in [-0.3, -0.25) is 9.59 Å². The van der Waals surface area contributed by atoms with Crippen LogP contribution in [0.1, 0.15) is 23.2 Å². The molecule has 0 bridgehead atoms. The molecule has 1 aromatic heterocycles. The molecule has 1 aromatic rings. The first-order valence-electron chi connectivity index (χ1n) is 5.43. The van der Waals surface area contributed by atoms with Gasteiger partial charge in [-0.25, -0.2) is 4.98 Å². The molecule has 1 saturated heterocycles. The molecule has 1 aliphatic rings. The summed E-state index contributed by atoms with van der Waals surface area (Å²) in [6.45, 7) is 4.19. The summed E-state index contributed by atoms with van der Waals surface area (Å²) in [4.78, 5) is 28.4. The number of oxazole rings is 1. The minimum absolute atomic E-state index is 0.0420. The van der Waals surface area contributed by atoms with Crippen LogP contribution in [0, 0.1) is 18.8 Å². The predicted molar refractivity (Wildman–Crippen MR) is 57.4 cm³/mol. The van der Waals surface area contributed by atoms with Crippen LogP contribution in [0.4, 0.5) is 0 Å². The smallest absolute Gasteiger partial charge is 0.308 e. The zero-order valence-corrected chi connectivity index (χ0v) is 9.71. The Morgan fingerprint density at radius 3 is 2.71 bits per heavy atom. The lowest BCUT2D eigenvalue weighted by atomic mass is 9.99. The molecule has 1 amide bonds. The third-order valence-corrected chi connectivity index (χ3v) is 3.16. The average Bonchev–Trinajstić information content (AvgIpc) is 2.83. The van der Waals surface area contributed by atoms with Gasteiger partial charge in [0.15, 0.2) is 6.39 Å². The molecule has 0 spiro atoms. The summed E-state index contributed by atoms with van der Waals surface area (Å²) in [5.41, 5.74) is 0.529. The molecule has 1 N–H and O–H groups in total. The van der Waals surface area contributed by atoms with Gasteiger partial charge in [0.05, 0.1) is 11.6 Å². The Labute approximate surface area is 98.2 Å². The first-order chi connectivity index (χ1) is 8.00. The second-order valence-electron chi connectivity index (χ2n) is 4.40. The number of likely N-dealkylation sites (tertiary alicyclic amines) is 1. The number of carboxylic acid groups (broad SMARTS) is 1. The summed E-state index contributed by atoms with van der Waals surface area (Å²) < 4.78 is 5.02. The van der Waals surface area contributed by atoms with Crippen molar-refractivity contribution in [2.45, 2.75) is 13.8 Å². The van der Waals surface area contributed by atoms with E-state index in [0.717, 1.165) is 0 Å². The highest BCUT2D eigenvalue weighted by molar-refractivity contribution is 5.93. The van der Waals surface area contributed by atoms with Gasteiger partial charge >= 0.3 is 5.97 Å². The normalized spacial score (nSPS) is 24.0. The molecular weight excluding hydrogens is 224 g/mol. The van der Waals surface area contributed by atoms with Crippen molar-refractivity contribution in [3.63, 3.8) is 0 Å². The quantitative estimate of drug-likeness (QED) is 0.822. The minimum atomic E-state index is -0.859. The molecule has 0 aromatic carbocycles. The molecule has 2 atom stereocenters. The maximum Gasteiger partial charge on any atom is 0.308 e. The first kappa shape index (κ1) is 11.6. The molecule has 2 rings (SSSR count). The van der Waals surface area contributed by atoms with Crippen molar-refractivity contribution in [3.8, 4) is 0 Å². The van der Waals surface area contributed by atoms with Crippen LogP contribution in [0.3, 0.4) is 0 Å². The van der Waals surface area contributed by atoms with E-state index in [0.29, 0.717) is 12.2 Å². The van der Waals surface area contributed by atoms with E-state index in [1.807, 2.05) is 6.92 Å². The van der Waals surface area contributed by atoms with Crippen molar-refractivity contribution in [1.29, 1.82) is 0 Å². The zero-order valence-electron chi connectivity index (χ0n) is 9.71. The van der Waals surface area contributed by atoms with Gasteiger partial charge in [0.1, 0.15) is 0 Å². The molecule has 1 fully saturated rings. The van der Waals surface area contributed by atoms with Gasteiger partial charge < -0.3 is 14.4 Å². The SMILES string of the molecule is Cc1ncoc1C(=O)N1C[C@@H](C)[C@H](C(=O)O)C1. The first-order valence-corrected chi connectivity index (χ1v) is 5.43. The molecule has 0 unspecified atom stereocenters. The molecule has 0 radical (unpaired) electrons. The van der Waals surface area contributed by atoms with Crippen LogP contribution >= 0.6 is 0 Å². The van der Waals surface area contributed by atoms with Crippen molar-refractivity contribution >= 4 is 11.9 Å². The summed E-state index contributed by atoms with van der Waals surface area (Å²) in [5.74, 6) is -1.48. The number of hydrogen-bond donors (Lipinski definition) is 1. The second-order valence-corrected chi connectivity index (χ2v) is 4.40. The van der Waals surface area contributed by atoms with Crippen molar-refractivity contribution in [2.75, 3.05) is 13.1 Å². The third-order valence-electron chi connectivity index (χ3n) is 3.16. The molecule has 0 saturated carbocycles. The van der Waals surface area contributed by atoms with Gasteiger partial charge in [-0.2, -0.15) is 0 Å². The summed E-state index contributed by atoms with van der Waals surface area (Å²) in [6, 6.07) is 0. The number of carbonyl (C=O) groups is 2. The number of carbonyl (C=O) groups excluding carboxylic acids is 1. The predicted octanol–water partition coefficient (Wildman–Crippen LogP) is 0.776. The van der Waals surface area contributed by atoms with E-state index in [-0.39, 0.29) is 24.1 Å². The summed E-state index contributed by atoms with van der Waals surface area (Å²) in [6.07, 6.45) is 1.22. The molecule has 6 nitrogen and oxygen atoms in total. The number of rotatable bonds is 2. The minimum Gasteiger partial charge on any atom is -0.481 e. The molecule has 6 heteroatoms. The number of carboxylic acids is 1. The molecule has 1 aliphatic heterocycles. The van der Waals surface area contributed by atoms with Gasteiger partial charge in [-0.05, 0) is 12.8 Å². The van der Waals surface area contributed by atoms with Crippen LogP contribution in [0.5, 0.6) is 0 Å². The highest BCUT2D eigenvalue weighted by atomic mass is 16.4. The van der Waals surface area contributed by atoms with Crippen molar-refractivity contribution in [1.82, 2.24) is 9.88 Å². The molecule has 92 valence electrons. The van der Waals surface area contributed by atoms with Crippen LogP contribution < -0.4 is 0 Å². The fourth-order valence-corrected chi connectivity index (χ4v) is 2.10. The van der Waals surface area contributed by atoms with Crippen molar-refractivity contribution in [3.05, 3.63) is 17.8 Å². The fraction of sp³-hybridized carbons (Fsp3) is 0.545. The third kappa shape index (κ3) is 2.02. The number of hydrogen-bond acceptors (Lipinski definition) is 4. The van der Waals surface area contributed by atoms with Gasteiger partial charge in [-0.1, -0.05) is 6.92 Å². The van der Waals surface area contributed by atoms with Crippen molar-refractivity contribution < 1.29 is 19.1 Å². The highest BCUT2D eigenvalue weighted by Gasteiger charge is 2.38. The van der Waals surface area contributed by atoms with Gasteiger partial charge in [0.25, 0.3) is 5.91 Å². The van der Waals surface area contributed by atoms with Gasteiger partial charge in [0.2, 0.25) is 5.76 Å². The monoisotopic (exact) mass is 238 g/mol. The van der Waals surface area contributed by atoms with E-state index in [4.69, 9.17) is 9.52 Å². The number of amides is 1. The van der Waals surface area contributed by atoms with Crippen LogP contribution in [-0.4, -0.2) is 40.0 Å². The molecule has 0 aliphatic carbocycles. The number of aromatic nitrogens is 1. The van der Waals surface area contributed by atoms with E-state index >= 15 is 0 Å². The maximum absolute atomic E-state index is 12.0. The Kier molecular flexibility index (Phi) is 2.87. The Morgan fingerprint density at radius 1 is 1.53 bits per heavy atom. The largest absolute Gasteiger partial charge is 0.481 e. The summed E-state index contributed by atoms with van der Waals surface area (Å²) in [7, 11) is 0.